The minimum absolute atomic E-state index is 0.293. The number of carbonyl (C=O) groups is 1. The molecule has 0 aliphatic heterocycles. The van der Waals surface area contributed by atoms with Gasteiger partial charge in [0.25, 0.3) is 0 Å². The molecule has 0 radical (unpaired) electrons. The van der Waals surface area contributed by atoms with E-state index in [2.05, 4.69) is 0 Å². The molecule has 0 aliphatic carbocycles. The monoisotopic (exact) mass is 286 g/mol. The van der Waals surface area contributed by atoms with Crippen LogP contribution in [0.4, 0.5) is 4.79 Å². The molecule has 2 nitrogen and oxygen atoms in total. The van der Waals surface area contributed by atoms with E-state index in [1.165, 1.54) is 11.8 Å². The summed E-state index contributed by atoms with van der Waals surface area (Å²) in [5.41, 5.74) is 0.976. The third kappa shape index (κ3) is 6.71. The highest BCUT2D eigenvalue weighted by atomic mass is 32.2. The van der Waals surface area contributed by atoms with Crippen molar-refractivity contribution >= 4 is 44.6 Å². The van der Waals surface area contributed by atoms with Crippen LogP contribution in [0.5, 0.6) is 0 Å². The second kappa shape index (κ2) is 7.74. The molecule has 92 valence electrons. The summed E-state index contributed by atoms with van der Waals surface area (Å²) in [6.07, 6.45) is 0. The molecule has 17 heavy (non-hydrogen) atoms. The van der Waals surface area contributed by atoms with Crippen molar-refractivity contribution in [2.75, 3.05) is 0 Å². The second-order valence-electron chi connectivity index (χ2n) is 3.54. The molecule has 1 aromatic rings. The van der Waals surface area contributed by atoms with Crippen LogP contribution in [0.25, 0.3) is 0 Å². The highest BCUT2D eigenvalue weighted by Crippen LogP contribution is 2.23. The van der Waals surface area contributed by atoms with E-state index >= 15 is 0 Å². The first-order valence-electron chi connectivity index (χ1n) is 5.17. The van der Waals surface area contributed by atoms with Crippen LogP contribution in [-0.2, 0) is 11.3 Å². The van der Waals surface area contributed by atoms with Crippen molar-refractivity contribution in [1.29, 1.82) is 0 Å². The number of thioether (sulfide) groups is 2. The van der Waals surface area contributed by atoms with Crippen molar-refractivity contribution in [2.45, 2.75) is 25.7 Å². The highest BCUT2D eigenvalue weighted by Gasteiger charge is 2.10. The van der Waals surface area contributed by atoms with Gasteiger partial charge in [-0.25, -0.2) is 4.79 Å². The average Bonchev–Trinajstić information content (AvgIpc) is 2.26. The normalized spacial score (nSPS) is 10.3. The number of benzene rings is 1. The fraction of sp³-hybridized carbons (Fsp3) is 0.333. The second-order valence-corrected chi connectivity index (χ2v) is 7.26. The predicted molar refractivity (Wildman–Crippen MR) is 79.5 cm³/mol. The molecule has 0 saturated heterocycles. The number of thiocarbonyl (C=S) groups is 1. The molecule has 0 saturated carbocycles. The Labute approximate surface area is 116 Å². The van der Waals surface area contributed by atoms with Gasteiger partial charge in [0.05, 0.1) is 0 Å². The van der Waals surface area contributed by atoms with Gasteiger partial charge in [-0.1, -0.05) is 56.4 Å². The van der Waals surface area contributed by atoms with Crippen molar-refractivity contribution in [2.24, 2.45) is 0 Å². The molecule has 0 heterocycles. The Kier molecular flexibility index (Phi) is 6.62. The lowest BCUT2D eigenvalue weighted by molar-refractivity contribution is 0.169. The molecule has 0 unspecified atom stereocenters. The number of rotatable bonds is 3. The SMILES string of the molecule is CC(C)SC(=S)SC(=O)OCc1ccccc1. The molecule has 1 rings (SSSR count). The third-order valence-electron chi connectivity index (χ3n) is 1.70. The smallest absolute Gasteiger partial charge is 0.373 e. The number of hydrogen-bond acceptors (Lipinski definition) is 5. The molecular weight excluding hydrogens is 272 g/mol. The van der Waals surface area contributed by atoms with E-state index in [1.807, 2.05) is 44.2 Å². The minimum atomic E-state index is -0.341. The van der Waals surface area contributed by atoms with Crippen LogP contribution in [0.2, 0.25) is 0 Å². The first kappa shape index (κ1) is 14.5. The zero-order valence-corrected chi connectivity index (χ0v) is 12.2. The van der Waals surface area contributed by atoms with Gasteiger partial charge in [-0.2, -0.15) is 0 Å². The summed E-state index contributed by atoms with van der Waals surface area (Å²) in [5, 5.41) is 0.0453. The molecule has 0 spiro atoms. The largest absolute Gasteiger partial charge is 0.452 e. The van der Waals surface area contributed by atoms with Crippen LogP contribution in [0.1, 0.15) is 19.4 Å². The quantitative estimate of drug-likeness (QED) is 0.603. The van der Waals surface area contributed by atoms with E-state index in [1.54, 1.807) is 0 Å². The van der Waals surface area contributed by atoms with Crippen molar-refractivity contribution in [3.8, 4) is 0 Å². The number of carbonyl (C=O) groups excluding carboxylic acids is 1. The molecule has 0 atom stereocenters. The first-order chi connectivity index (χ1) is 8.08. The summed E-state index contributed by atoms with van der Waals surface area (Å²) in [6.45, 7) is 4.36. The van der Waals surface area contributed by atoms with Crippen LogP contribution in [0.3, 0.4) is 0 Å². The fourth-order valence-electron chi connectivity index (χ4n) is 1.03. The van der Waals surface area contributed by atoms with Gasteiger partial charge in [-0.05, 0) is 5.56 Å². The Balaban J connectivity index is 2.28. The molecule has 0 bridgehead atoms. The fourth-order valence-corrected chi connectivity index (χ4v) is 3.42. The summed E-state index contributed by atoms with van der Waals surface area (Å²) in [6, 6.07) is 9.58. The van der Waals surface area contributed by atoms with E-state index in [9.17, 15) is 4.79 Å². The molecular formula is C12H14O2S3. The number of hydrogen-bond donors (Lipinski definition) is 0. The Hall–Kier alpha value is -0.520. The maximum atomic E-state index is 11.4. The van der Waals surface area contributed by atoms with E-state index in [-0.39, 0.29) is 5.30 Å². The van der Waals surface area contributed by atoms with E-state index < -0.39 is 0 Å². The molecule has 0 aromatic heterocycles. The lowest BCUT2D eigenvalue weighted by Crippen LogP contribution is -2.01. The van der Waals surface area contributed by atoms with Gasteiger partial charge in [-0.15, -0.1) is 11.8 Å². The van der Waals surface area contributed by atoms with E-state index in [0.717, 1.165) is 17.3 Å². The topological polar surface area (TPSA) is 26.3 Å². The summed E-state index contributed by atoms with van der Waals surface area (Å²) in [4.78, 5) is 11.4. The van der Waals surface area contributed by atoms with Crippen LogP contribution < -0.4 is 0 Å². The Morgan fingerprint density at radius 2 is 2.00 bits per heavy atom. The predicted octanol–water partition coefficient (Wildman–Crippen LogP) is 4.48. The van der Waals surface area contributed by atoms with Crippen LogP contribution in [-0.4, -0.2) is 14.1 Å². The van der Waals surface area contributed by atoms with Crippen molar-refractivity contribution < 1.29 is 9.53 Å². The van der Waals surface area contributed by atoms with Crippen molar-refractivity contribution in [1.82, 2.24) is 0 Å². The third-order valence-corrected chi connectivity index (χ3v) is 3.89. The zero-order chi connectivity index (χ0) is 12.7. The average molecular weight is 286 g/mol. The Bertz CT molecular complexity index is 377. The number of ether oxygens (including phenoxy) is 1. The molecule has 0 fully saturated rings. The van der Waals surface area contributed by atoms with Crippen LogP contribution in [0, 0.1) is 0 Å². The van der Waals surface area contributed by atoms with Gasteiger partial charge in [0, 0.05) is 17.0 Å². The van der Waals surface area contributed by atoms with Gasteiger partial charge >= 0.3 is 5.30 Å². The van der Waals surface area contributed by atoms with Gasteiger partial charge in [0.2, 0.25) is 0 Å². The van der Waals surface area contributed by atoms with Gasteiger partial charge in [0.1, 0.15) is 10.1 Å². The van der Waals surface area contributed by atoms with Crippen molar-refractivity contribution in [3.05, 3.63) is 35.9 Å². The maximum absolute atomic E-state index is 11.4. The minimum Gasteiger partial charge on any atom is -0.452 e. The zero-order valence-electron chi connectivity index (χ0n) is 9.71. The molecule has 0 amide bonds. The standard InChI is InChI=1S/C12H14O2S3/c1-9(2)16-12(15)17-11(13)14-8-10-6-4-3-5-7-10/h3-7,9H,8H2,1-2H3. The Morgan fingerprint density at radius 1 is 1.35 bits per heavy atom. The van der Waals surface area contributed by atoms with Gasteiger partial charge in [0.15, 0.2) is 0 Å². The molecule has 0 N–H and O–H groups in total. The lowest BCUT2D eigenvalue weighted by atomic mass is 10.2. The molecule has 0 aliphatic rings. The summed E-state index contributed by atoms with van der Waals surface area (Å²) >= 11 is 7.54. The summed E-state index contributed by atoms with van der Waals surface area (Å²) < 4.78 is 5.71. The van der Waals surface area contributed by atoms with Crippen LogP contribution in [0.15, 0.2) is 30.3 Å². The van der Waals surface area contributed by atoms with Gasteiger partial charge in [-0.3, -0.25) is 0 Å². The summed E-state index contributed by atoms with van der Waals surface area (Å²) in [7, 11) is 0. The lowest BCUT2D eigenvalue weighted by Gasteiger charge is -2.06. The van der Waals surface area contributed by atoms with E-state index in [0.29, 0.717) is 15.4 Å². The van der Waals surface area contributed by atoms with Crippen molar-refractivity contribution in [3.63, 3.8) is 0 Å². The summed E-state index contributed by atoms with van der Waals surface area (Å²) in [5.74, 6) is 0. The molecule has 1 aromatic carbocycles. The van der Waals surface area contributed by atoms with Gasteiger partial charge < -0.3 is 4.74 Å². The highest BCUT2D eigenvalue weighted by molar-refractivity contribution is 8.52. The Morgan fingerprint density at radius 3 is 2.59 bits per heavy atom. The first-order valence-corrected chi connectivity index (χ1v) is 7.27. The van der Waals surface area contributed by atoms with E-state index in [4.69, 9.17) is 17.0 Å². The molecule has 5 heteroatoms. The van der Waals surface area contributed by atoms with Crippen LogP contribution >= 0.6 is 35.7 Å². The maximum Gasteiger partial charge on any atom is 0.373 e.